The molecule has 0 aromatic heterocycles. The molecule has 0 radical (unpaired) electrons. The van der Waals surface area contributed by atoms with Gasteiger partial charge in [0, 0.05) is 12.0 Å². The van der Waals surface area contributed by atoms with Gasteiger partial charge in [-0.1, -0.05) is 32.1 Å². The molecule has 0 unspecified atom stereocenters. The number of halogens is 1. The van der Waals surface area contributed by atoms with E-state index in [4.69, 9.17) is 0 Å². The quantitative estimate of drug-likeness (QED) is 0.707. The molecule has 0 heterocycles. The highest BCUT2D eigenvalue weighted by molar-refractivity contribution is 5.96. The molecule has 0 atom stereocenters. The fraction of sp³-hybridized carbons (Fsp3) is 0.562. The summed E-state index contributed by atoms with van der Waals surface area (Å²) in [6, 6.07) is 4.60. The molecular formula is C16H21FO. The first-order chi connectivity index (χ1) is 8.65. The number of Topliss-reactive ketones (excluding diaryl/α,β-unsaturated/α-hetero) is 1. The average molecular weight is 248 g/mol. The summed E-state index contributed by atoms with van der Waals surface area (Å²) in [5, 5.41) is 0. The second kappa shape index (κ2) is 6.12. The van der Waals surface area contributed by atoms with Crippen LogP contribution in [0.4, 0.5) is 4.39 Å². The third-order valence-electron chi connectivity index (χ3n) is 3.87. The Morgan fingerprint density at radius 1 is 1.22 bits per heavy atom. The first kappa shape index (κ1) is 13.3. The van der Waals surface area contributed by atoms with Crippen molar-refractivity contribution in [2.45, 2.75) is 51.9 Å². The molecule has 2 rings (SSSR count). The minimum Gasteiger partial charge on any atom is -0.294 e. The summed E-state index contributed by atoms with van der Waals surface area (Å²) in [5.74, 6) is 0.483. The molecule has 1 aromatic carbocycles. The van der Waals surface area contributed by atoms with E-state index < -0.39 is 0 Å². The SMILES string of the molecule is Cc1cc(F)cc(C(=O)CCC2CCCCC2)c1. The highest BCUT2D eigenvalue weighted by Gasteiger charge is 2.16. The Bertz CT molecular complexity index is 399. The van der Waals surface area contributed by atoms with Crippen LogP contribution in [0, 0.1) is 18.7 Å². The number of benzene rings is 1. The summed E-state index contributed by atoms with van der Waals surface area (Å²) >= 11 is 0. The van der Waals surface area contributed by atoms with Crippen LogP contribution in [0.1, 0.15) is 60.9 Å². The van der Waals surface area contributed by atoms with E-state index in [2.05, 4.69) is 0 Å². The van der Waals surface area contributed by atoms with Gasteiger partial charge in [0.25, 0.3) is 0 Å². The number of rotatable bonds is 4. The van der Waals surface area contributed by atoms with E-state index in [0.29, 0.717) is 17.9 Å². The largest absolute Gasteiger partial charge is 0.294 e. The molecule has 98 valence electrons. The second-order valence-electron chi connectivity index (χ2n) is 5.48. The van der Waals surface area contributed by atoms with Gasteiger partial charge in [-0.2, -0.15) is 0 Å². The lowest BCUT2D eigenvalue weighted by Crippen LogP contribution is -2.09. The lowest BCUT2D eigenvalue weighted by molar-refractivity contribution is 0.0969. The molecular weight excluding hydrogens is 227 g/mol. The minimum atomic E-state index is -0.309. The fourth-order valence-corrected chi connectivity index (χ4v) is 2.85. The van der Waals surface area contributed by atoms with Crippen LogP contribution in [0.2, 0.25) is 0 Å². The first-order valence-corrected chi connectivity index (χ1v) is 6.95. The van der Waals surface area contributed by atoms with Gasteiger partial charge < -0.3 is 0 Å². The van der Waals surface area contributed by atoms with Crippen molar-refractivity contribution in [3.8, 4) is 0 Å². The normalized spacial score (nSPS) is 16.8. The second-order valence-corrected chi connectivity index (χ2v) is 5.48. The predicted molar refractivity (Wildman–Crippen MR) is 71.3 cm³/mol. The van der Waals surface area contributed by atoms with Gasteiger partial charge in [0.05, 0.1) is 0 Å². The van der Waals surface area contributed by atoms with Gasteiger partial charge in [-0.3, -0.25) is 4.79 Å². The number of carbonyl (C=O) groups is 1. The van der Waals surface area contributed by atoms with Crippen molar-refractivity contribution in [1.82, 2.24) is 0 Å². The summed E-state index contributed by atoms with van der Waals surface area (Å²) in [6.07, 6.45) is 8.00. The molecule has 0 spiro atoms. The van der Waals surface area contributed by atoms with E-state index in [1.54, 1.807) is 6.07 Å². The topological polar surface area (TPSA) is 17.1 Å². The monoisotopic (exact) mass is 248 g/mol. The Balaban J connectivity index is 1.90. The molecule has 1 fully saturated rings. The summed E-state index contributed by atoms with van der Waals surface area (Å²) < 4.78 is 13.2. The van der Waals surface area contributed by atoms with Crippen LogP contribution in [0.5, 0.6) is 0 Å². The Morgan fingerprint density at radius 3 is 2.61 bits per heavy atom. The van der Waals surface area contributed by atoms with Gasteiger partial charge in [-0.15, -0.1) is 0 Å². The molecule has 0 N–H and O–H groups in total. The van der Waals surface area contributed by atoms with Gasteiger partial charge in [0.2, 0.25) is 0 Å². The van der Waals surface area contributed by atoms with Gasteiger partial charge in [0.1, 0.15) is 5.82 Å². The molecule has 1 saturated carbocycles. The summed E-state index contributed by atoms with van der Waals surface area (Å²) in [7, 11) is 0. The van der Waals surface area contributed by atoms with Crippen LogP contribution in [0.15, 0.2) is 18.2 Å². The van der Waals surface area contributed by atoms with Crippen molar-refractivity contribution in [3.05, 3.63) is 35.1 Å². The maximum Gasteiger partial charge on any atom is 0.162 e. The standard InChI is InChI=1S/C16H21FO/c1-12-9-14(11-15(17)10-12)16(18)8-7-13-5-3-2-4-6-13/h9-11,13H,2-8H2,1H3. The van der Waals surface area contributed by atoms with Gasteiger partial charge in [-0.05, 0) is 43.0 Å². The van der Waals surface area contributed by atoms with Crippen LogP contribution >= 0.6 is 0 Å². The van der Waals surface area contributed by atoms with Crippen LogP contribution in [0.3, 0.4) is 0 Å². The minimum absolute atomic E-state index is 0.0863. The number of aryl methyl sites for hydroxylation is 1. The molecule has 1 aliphatic carbocycles. The lowest BCUT2D eigenvalue weighted by Gasteiger charge is -2.20. The molecule has 0 amide bonds. The van der Waals surface area contributed by atoms with E-state index >= 15 is 0 Å². The van der Waals surface area contributed by atoms with Crippen molar-refractivity contribution in [1.29, 1.82) is 0 Å². The lowest BCUT2D eigenvalue weighted by atomic mass is 9.85. The fourth-order valence-electron chi connectivity index (χ4n) is 2.85. The zero-order chi connectivity index (χ0) is 13.0. The molecule has 1 aliphatic rings. The summed E-state index contributed by atoms with van der Waals surface area (Å²) in [5.41, 5.74) is 1.35. The third kappa shape index (κ3) is 3.66. The number of hydrogen-bond donors (Lipinski definition) is 0. The smallest absolute Gasteiger partial charge is 0.162 e. The summed E-state index contributed by atoms with van der Waals surface area (Å²) in [6.45, 7) is 1.82. The highest BCUT2D eigenvalue weighted by Crippen LogP contribution is 2.27. The van der Waals surface area contributed by atoms with Crippen molar-refractivity contribution >= 4 is 5.78 Å². The highest BCUT2D eigenvalue weighted by atomic mass is 19.1. The van der Waals surface area contributed by atoms with Gasteiger partial charge >= 0.3 is 0 Å². The Labute approximate surface area is 108 Å². The first-order valence-electron chi connectivity index (χ1n) is 6.95. The molecule has 18 heavy (non-hydrogen) atoms. The average Bonchev–Trinajstić information content (AvgIpc) is 2.36. The summed E-state index contributed by atoms with van der Waals surface area (Å²) in [4.78, 5) is 12.0. The van der Waals surface area contributed by atoms with Crippen LogP contribution in [-0.4, -0.2) is 5.78 Å². The zero-order valence-electron chi connectivity index (χ0n) is 11.0. The van der Waals surface area contributed by atoms with Crippen LogP contribution in [0.25, 0.3) is 0 Å². The van der Waals surface area contributed by atoms with Crippen molar-refractivity contribution in [3.63, 3.8) is 0 Å². The van der Waals surface area contributed by atoms with E-state index in [9.17, 15) is 9.18 Å². The molecule has 0 bridgehead atoms. The molecule has 1 aromatic rings. The molecule has 0 aliphatic heterocycles. The maximum atomic E-state index is 13.2. The van der Waals surface area contributed by atoms with Gasteiger partial charge in [0.15, 0.2) is 5.78 Å². The maximum absolute atomic E-state index is 13.2. The molecule has 1 nitrogen and oxygen atoms in total. The van der Waals surface area contributed by atoms with E-state index in [-0.39, 0.29) is 11.6 Å². The Hall–Kier alpha value is -1.18. The Morgan fingerprint density at radius 2 is 1.94 bits per heavy atom. The van der Waals surface area contributed by atoms with Crippen LogP contribution < -0.4 is 0 Å². The number of ketones is 1. The molecule has 0 saturated heterocycles. The van der Waals surface area contributed by atoms with Crippen LogP contribution in [-0.2, 0) is 0 Å². The van der Waals surface area contributed by atoms with Gasteiger partial charge in [-0.25, -0.2) is 4.39 Å². The predicted octanol–water partition coefficient (Wildman–Crippen LogP) is 4.68. The number of carbonyl (C=O) groups excluding carboxylic acids is 1. The van der Waals surface area contributed by atoms with Crippen molar-refractivity contribution < 1.29 is 9.18 Å². The van der Waals surface area contributed by atoms with Crippen molar-refractivity contribution in [2.75, 3.05) is 0 Å². The molecule has 2 heteroatoms. The zero-order valence-corrected chi connectivity index (χ0v) is 11.0. The third-order valence-corrected chi connectivity index (χ3v) is 3.87. The number of hydrogen-bond acceptors (Lipinski definition) is 1. The van der Waals surface area contributed by atoms with E-state index in [1.165, 1.54) is 44.2 Å². The van der Waals surface area contributed by atoms with E-state index in [1.807, 2.05) is 6.92 Å². The Kier molecular flexibility index (Phi) is 4.51. The van der Waals surface area contributed by atoms with Crippen molar-refractivity contribution in [2.24, 2.45) is 5.92 Å². The van der Waals surface area contributed by atoms with E-state index in [0.717, 1.165) is 12.0 Å².